The lowest BCUT2D eigenvalue weighted by atomic mass is 10.4. The summed E-state index contributed by atoms with van der Waals surface area (Å²) in [6, 6.07) is 1.72. The zero-order valence-corrected chi connectivity index (χ0v) is 12.9. The largest absolute Gasteiger partial charge is 0.352 e. The van der Waals surface area contributed by atoms with Crippen molar-refractivity contribution in [3.63, 3.8) is 0 Å². The second-order valence-electron chi connectivity index (χ2n) is 4.78. The summed E-state index contributed by atoms with van der Waals surface area (Å²) in [5.41, 5.74) is 1.76. The monoisotopic (exact) mass is 285 g/mol. The quantitative estimate of drug-likeness (QED) is 0.769. The van der Waals surface area contributed by atoms with Gasteiger partial charge in [-0.3, -0.25) is 0 Å². The fraction of sp³-hybridized carbons (Fsp3) is 0.538. The van der Waals surface area contributed by atoms with E-state index in [4.69, 9.17) is 0 Å². The van der Waals surface area contributed by atoms with Crippen molar-refractivity contribution >= 4 is 10.0 Å². The number of hydrogen-bond acceptors (Lipinski definition) is 3. The Balaban J connectivity index is 2.99. The zero-order valence-electron chi connectivity index (χ0n) is 12.1. The van der Waals surface area contributed by atoms with Crippen LogP contribution in [0, 0.1) is 0 Å². The third kappa shape index (κ3) is 3.92. The lowest BCUT2D eigenvalue weighted by Gasteiger charge is -2.15. The fourth-order valence-corrected chi connectivity index (χ4v) is 3.12. The molecule has 1 rings (SSSR count). The smallest absolute Gasteiger partial charge is 0.244 e. The Hall–Kier alpha value is -1.11. The summed E-state index contributed by atoms with van der Waals surface area (Å²) in [6.07, 6.45) is 1.65. The molecule has 0 spiro atoms. The van der Waals surface area contributed by atoms with Crippen LogP contribution in [0.5, 0.6) is 0 Å². The molecular weight excluding hydrogens is 262 g/mol. The number of aromatic nitrogens is 1. The molecule has 0 saturated heterocycles. The first kappa shape index (κ1) is 15.9. The van der Waals surface area contributed by atoms with Crippen molar-refractivity contribution in [2.24, 2.45) is 7.05 Å². The average Bonchev–Trinajstić information content (AvgIpc) is 2.67. The first-order valence-electron chi connectivity index (χ1n) is 6.25. The summed E-state index contributed by atoms with van der Waals surface area (Å²) in [5, 5.41) is 3.19. The van der Waals surface area contributed by atoms with Crippen LogP contribution in [-0.2, 0) is 23.6 Å². The summed E-state index contributed by atoms with van der Waals surface area (Å²) in [7, 11) is -0.0148. The molecule has 19 heavy (non-hydrogen) atoms. The van der Waals surface area contributed by atoms with E-state index in [9.17, 15) is 8.42 Å². The molecule has 0 fully saturated rings. The minimum atomic E-state index is -3.44. The number of sulfonamides is 1. The van der Waals surface area contributed by atoms with E-state index in [1.165, 1.54) is 4.31 Å². The Bertz CT molecular complexity index is 546. The van der Waals surface area contributed by atoms with Gasteiger partial charge in [-0.1, -0.05) is 19.1 Å². The predicted octanol–water partition coefficient (Wildman–Crippen LogP) is 1.33. The lowest BCUT2D eigenvalue weighted by molar-refractivity contribution is 0.493. The highest BCUT2D eigenvalue weighted by molar-refractivity contribution is 7.89. The van der Waals surface area contributed by atoms with Crippen molar-refractivity contribution in [2.75, 3.05) is 20.1 Å². The maximum Gasteiger partial charge on any atom is 0.244 e. The Morgan fingerprint density at radius 1 is 1.53 bits per heavy atom. The summed E-state index contributed by atoms with van der Waals surface area (Å²) in [6.45, 7) is 9.42. The van der Waals surface area contributed by atoms with Gasteiger partial charge >= 0.3 is 0 Å². The molecule has 0 aliphatic carbocycles. The van der Waals surface area contributed by atoms with Crippen molar-refractivity contribution in [1.29, 1.82) is 0 Å². The molecule has 0 amide bonds. The summed E-state index contributed by atoms with van der Waals surface area (Å²) < 4.78 is 27.9. The highest BCUT2D eigenvalue weighted by atomic mass is 32.2. The number of nitrogens with one attached hydrogen (secondary N) is 1. The number of aryl methyl sites for hydroxylation is 1. The van der Waals surface area contributed by atoms with Crippen LogP contribution >= 0.6 is 0 Å². The lowest BCUT2D eigenvalue weighted by Crippen LogP contribution is -2.28. The van der Waals surface area contributed by atoms with Gasteiger partial charge < -0.3 is 9.88 Å². The molecule has 0 saturated carbocycles. The van der Waals surface area contributed by atoms with Crippen LogP contribution in [0.2, 0.25) is 0 Å². The number of nitrogens with zero attached hydrogens (tertiary/aromatic N) is 2. The van der Waals surface area contributed by atoms with Crippen molar-refractivity contribution in [1.82, 2.24) is 14.2 Å². The predicted molar refractivity (Wildman–Crippen MR) is 77.4 cm³/mol. The number of likely N-dealkylation sites (N-methyl/N-ethyl adjacent to an activating group) is 1. The van der Waals surface area contributed by atoms with Crippen LogP contribution < -0.4 is 5.32 Å². The van der Waals surface area contributed by atoms with Gasteiger partial charge in [0, 0.05) is 39.1 Å². The van der Waals surface area contributed by atoms with Gasteiger partial charge in [-0.05, 0) is 19.5 Å². The van der Waals surface area contributed by atoms with E-state index in [-0.39, 0.29) is 0 Å². The molecule has 1 heterocycles. The van der Waals surface area contributed by atoms with Crippen LogP contribution in [0.1, 0.15) is 19.5 Å². The second-order valence-corrected chi connectivity index (χ2v) is 6.82. The average molecular weight is 285 g/mol. The number of hydrogen-bond donors (Lipinski definition) is 1. The van der Waals surface area contributed by atoms with Crippen molar-refractivity contribution < 1.29 is 8.42 Å². The van der Waals surface area contributed by atoms with E-state index in [1.54, 1.807) is 19.3 Å². The van der Waals surface area contributed by atoms with Crippen molar-refractivity contribution in [2.45, 2.75) is 25.3 Å². The molecule has 1 aromatic rings. The molecule has 0 aliphatic rings. The van der Waals surface area contributed by atoms with Crippen molar-refractivity contribution in [3.05, 3.63) is 30.1 Å². The molecule has 0 bridgehead atoms. The van der Waals surface area contributed by atoms with Gasteiger partial charge in [-0.2, -0.15) is 4.31 Å². The maximum atomic E-state index is 12.4. The summed E-state index contributed by atoms with van der Waals surface area (Å²) in [5.74, 6) is 0. The normalized spacial score (nSPS) is 12.1. The van der Waals surface area contributed by atoms with E-state index in [0.29, 0.717) is 18.0 Å². The highest BCUT2D eigenvalue weighted by Gasteiger charge is 2.22. The zero-order chi connectivity index (χ0) is 14.6. The highest BCUT2D eigenvalue weighted by Crippen LogP contribution is 2.18. The second kappa shape index (κ2) is 6.36. The van der Waals surface area contributed by atoms with Crippen molar-refractivity contribution in [3.8, 4) is 0 Å². The molecule has 6 heteroatoms. The van der Waals surface area contributed by atoms with E-state index < -0.39 is 10.0 Å². The molecular formula is C13H23N3O2S. The van der Waals surface area contributed by atoms with Crippen LogP contribution in [0.25, 0.3) is 0 Å². The minimum absolute atomic E-state index is 0.326. The summed E-state index contributed by atoms with van der Waals surface area (Å²) >= 11 is 0. The van der Waals surface area contributed by atoms with Gasteiger partial charge in [-0.15, -0.1) is 0 Å². The summed E-state index contributed by atoms with van der Waals surface area (Å²) in [4.78, 5) is 0.326. The molecule has 108 valence electrons. The molecule has 0 aliphatic heterocycles. The van der Waals surface area contributed by atoms with E-state index >= 15 is 0 Å². The van der Waals surface area contributed by atoms with Gasteiger partial charge in [-0.25, -0.2) is 8.42 Å². The molecule has 0 atom stereocenters. The Labute approximate surface area is 116 Å². The van der Waals surface area contributed by atoms with Gasteiger partial charge in [0.05, 0.1) is 0 Å². The third-order valence-electron chi connectivity index (χ3n) is 2.84. The van der Waals surface area contributed by atoms with Crippen LogP contribution in [-0.4, -0.2) is 37.4 Å². The molecule has 1 N–H and O–H groups in total. The Morgan fingerprint density at radius 2 is 2.16 bits per heavy atom. The Kier molecular flexibility index (Phi) is 5.34. The van der Waals surface area contributed by atoms with Crippen LogP contribution in [0.15, 0.2) is 29.3 Å². The molecule has 0 unspecified atom stereocenters. The number of rotatable bonds is 7. The molecule has 0 aromatic carbocycles. The van der Waals surface area contributed by atoms with Gasteiger partial charge in [0.25, 0.3) is 0 Å². The first-order chi connectivity index (χ1) is 8.78. The van der Waals surface area contributed by atoms with E-state index in [0.717, 1.165) is 17.8 Å². The van der Waals surface area contributed by atoms with E-state index in [1.807, 2.05) is 25.5 Å². The van der Waals surface area contributed by atoms with Crippen LogP contribution in [0.3, 0.4) is 0 Å². The SMILES string of the molecule is C=C(C)CN(C)S(=O)(=O)c1cc(CNCC)n(C)c1. The molecule has 5 nitrogen and oxygen atoms in total. The minimum Gasteiger partial charge on any atom is -0.352 e. The third-order valence-corrected chi connectivity index (χ3v) is 4.61. The van der Waals surface area contributed by atoms with Crippen LogP contribution in [0.4, 0.5) is 0 Å². The van der Waals surface area contributed by atoms with Gasteiger partial charge in [0.1, 0.15) is 4.90 Å². The van der Waals surface area contributed by atoms with Gasteiger partial charge in [0.2, 0.25) is 10.0 Å². The molecule has 1 aromatic heterocycles. The first-order valence-corrected chi connectivity index (χ1v) is 7.69. The standard InChI is InChI=1S/C13H23N3O2S/c1-6-14-8-12-7-13(10-15(12)4)19(17,18)16(5)9-11(2)3/h7,10,14H,2,6,8-9H2,1,3-5H3. The van der Waals surface area contributed by atoms with E-state index in [2.05, 4.69) is 11.9 Å². The fourth-order valence-electron chi connectivity index (χ4n) is 1.79. The molecule has 0 radical (unpaired) electrons. The van der Waals surface area contributed by atoms with Gasteiger partial charge in [0.15, 0.2) is 0 Å². The maximum absolute atomic E-state index is 12.4. The Morgan fingerprint density at radius 3 is 2.68 bits per heavy atom. The topological polar surface area (TPSA) is 54.3 Å².